The minimum Gasteiger partial charge on any atom is -0.464 e. The van der Waals surface area contributed by atoms with Crippen molar-refractivity contribution in [3.8, 4) is 0 Å². The van der Waals surface area contributed by atoms with E-state index in [4.69, 9.17) is 9.84 Å². The topological polar surface area (TPSA) is 74.5 Å². The van der Waals surface area contributed by atoms with E-state index < -0.39 is 6.09 Å². The van der Waals surface area contributed by atoms with Crippen LogP contribution in [0.25, 0.3) is 0 Å². The maximum Gasteiger partial charge on any atom is 0.415 e. The zero-order chi connectivity index (χ0) is 9.26. The first kappa shape index (κ1) is 7.53. The fourth-order valence-electron chi connectivity index (χ4n) is 0.909. The Balaban J connectivity index is 2.35. The molecule has 0 atom stereocenters. The molecule has 0 saturated heterocycles. The van der Waals surface area contributed by atoms with Crippen LogP contribution >= 0.6 is 0 Å². The van der Waals surface area contributed by atoms with Crippen molar-refractivity contribution in [1.29, 1.82) is 0 Å². The van der Waals surface area contributed by atoms with E-state index in [9.17, 15) is 4.79 Å². The van der Waals surface area contributed by atoms with Crippen molar-refractivity contribution in [2.45, 2.75) is 0 Å². The molecule has 0 radical (unpaired) electrons. The lowest BCUT2D eigenvalue weighted by Gasteiger charge is -2.05. The molecular formula is C7H5N3O3. The predicted molar refractivity (Wildman–Crippen MR) is 44.1 cm³/mol. The number of nitrogens with zero attached hydrogens (tertiary/aromatic N) is 3. The number of hydrogen-bond acceptors (Lipinski definition) is 4. The summed E-state index contributed by atoms with van der Waals surface area (Å²) in [6, 6.07) is 0. The van der Waals surface area contributed by atoms with E-state index in [2.05, 4.69) is 10.2 Å². The summed E-state index contributed by atoms with van der Waals surface area (Å²) in [6.45, 7) is 0. The molecule has 0 aliphatic carbocycles. The monoisotopic (exact) mass is 179 g/mol. The normalized spacial score (nSPS) is 18.6. The summed E-state index contributed by atoms with van der Waals surface area (Å²) in [7, 11) is 0. The van der Waals surface area contributed by atoms with Gasteiger partial charge in [-0.25, -0.2) is 4.79 Å². The minimum atomic E-state index is -1.09. The van der Waals surface area contributed by atoms with Crippen molar-refractivity contribution >= 4 is 18.2 Å². The van der Waals surface area contributed by atoms with Crippen molar-refractivity contribution in [3.05, 3.63) is 24.2 Å². The van der Waals surface area contributed by atoms with Crippen LogP contribution in [-0.4, -0.2) is 28.2 Å². The molecule has 2 aliphatic rings. The van der Waals surface area contributed by atoms with E-state index in [-0.39, 0.29) is 0 Å². The third-order valence-corrected chi connectivity index (χ3v) is 1.49. The standard InChI is InChI=1S/C7H5N3O3/c11-7(12)10-1-2-13-6-5(4-10)3-8-9-6/h1-4H,(H,11,12). The van der Waals surface area contributed by atoms with Gasteiger partial charge in [-0.05, 0) is 0 Å². The SMILES string of the molecule is O=C(O)N1C=COC2=NN=CC2=C1. The highest BCUT2D eigenvalue weighted by Gasteiger charge is 2.17. The molecule has 66 valence electrons. The summed E-state index contributed by atoms with van der Waals surface area (Å²) >= 11 is 0. The Morgan fingerprint density at radius 1 is 1.62 bits per heavy atom. The van der Waals surface area contributed by atoms with E-state index in [0.717, 1.165) is 4.90 Å². The molecule has 13 heavy (non-hydrogen) atoms. The molecule has 1 amide bonds. The number of fused-ring (bicyclic) bond motifs is 1. The fourth-order valence-corrected chi connectivity index (χ4v) is 0.909. The third kappa shape index (κ3) is 1.28. The second-order valence-corrected chi connectivity index (χ2v) is 2.33. The Morgan fingerprint density at radius 3 is 3.23 bits per heavy atom. The summed E-state index contributed by atoms with van der Waals surface area (Å²) in [6.07, 6.45) is 4.24. The smallest absolute Gasteiger partial charge is 0.415 e. The number of carbonyl (C=O) groups is 1. The van der Waals surface area contributed by atoms with E-state index in [0.29, 0.717) is 11.5 Å². The fraction of sp³-hybridized carbons (Fsp3) is 0. The predicted octanol–water partition coefficient (Wildman–Crippen LogP) is 0.750. The Bertz CT molecular complexity index is 367. The van der Waals surface area contributed by atoms with Crippen LogP contribution in [0.15, 0.2) is 34.4 Å². The first-order valence-electron chi connectivity index (χ1n) is 3.45. The molecule has 0 aromatic rings. The highest BCUT2D eigenvalue weighted by atomic mass is 16.5. The lowest BCUT2D eigenvalue weighted by atomic mass is 10.3. The Morgan fingerprint density at radius 2 is 2.46 bits per heavy atom. The Labute approximate surface area is 73.1 Å². The highest BCUT2D eigenvalue weighted by Crippen LogP contribution is 2.11. The minimum absolute atomic E-state index is 0.306. The first-order chi connectivity index (χ1) is 6.27. The lowest BCUT2D eigenvalue weighted by molar-refractivity contribution is 0.175. The highest BCUT2D eigenvalue weighted by molar-refractivity contribution is 6.15. The molecule has 2 aliphatic heterocycles. The van der Waals surface area contributed by atoms with E-state index in [1.54, 1.807) is 0 Å². The van der Waals surface area contributed by atoms with Gasteiger partial charge >= 0.3 is 6.09 Å². The van der Waals surface area contributed by atoms with Gasteiger partial charge < -0.3 is 9.84 Å². The molecule has 2 rings (SSSR count). The second kappa shape index (κ2) is 2.74. The van der Waals surface area contributed by atoms with Crippen molar-refractivity contribution in [2.75, 3.05) is 0 Å². The molecular weight excluding hydrogens is 174 g/mol. The molecule has 0 spiro atoms. The number of amides is 1. The summed E-state index contributed by atoms with van der Waals surface area (Å²) in [5.41, 5.74) is 0.535. The van der Waals surface area contributed by atoms with Crippen LogP contribution in [0.2, 0.25) is 0 Å². The van der Waals surface area contributed by atoms with Gasteiger partial charge in [0.1, 0.15) is 6.26 Å². The zero-order valence-corrected chi connectivity index (χ0v) is 6.41. The number of ether oxygens (including phenoxy) is 1. The van der Waals surface area contributed by atoms with Crippen molar-refractivity contribution < 1.29 is 14.6 Å². The maximum absolute atomic E-state index is 10.6. The van der Waals surface area contributed by atoms with Crippen molar-refractivity contribution in [3.63, 3.8) is 0 Å². The van der Waals surface area contributed by atoms with Gasteiger partial charge in [0.25, 0.3) is 0 Å². The van der Waals surface area contributed by atoms with Gasteiger partial charge in [-0.1, -0.05) is 0 Å². The van der Waals surface area contributed by atoms with Crippen LogP contribution in [-0.2, 0) is 4.74 Å². The maximum atomic E-state index is 10.6. The van der Waals surface area contributed by atoms with Gasteiger partial charge in [-0.2, -0.15) is 5.10 Å². The van der Waals surface area contributed by atoms with Gasteiger partial charge in [0.2, 0.25) is 5.90 Å². The van der Waals surface area contributed by atoms with Crippen molar-refractivity contribution in [1.82, 2.24) is 4.90 Å². The lowest BCUT2D eigenvalue weighted by Crippen LogP contribution is -2.17. The van der Waals surface area contributed by atoms with Crippen LogP contribution in [0.1, 0.15) is 0 Å². The average Bonchev–Trinajstić information content (AvgIpc) is 2.42. The Kier molecular flexibility index (Phi) is 1.59. The van der Waals surface area contributed by atoms with Gasteiger partial charge in [0.05, 0.1) is 18.0 Å². The third-order valence-electron chi connectivity index (χ3n) is 1.49. The van der Waals surface area contributed by atoms with E-state index >= 15 is 0 Å². The Hall–Kier alpha value is -2.11. The molecule has 0 aromatic heterocycles. The zero-order valence-electron chi connectivity index (χ0n) is 6.41. The van der Waals surface area contributed by atoms with Crippen LogP contribution < -0.4 is 0 Å². The number of hydrogen-bond donors (Lipinski definition) is 1. The summed E-state index contributed by atoms with van der Waals surface area (Å²) < 4.78 is 4.98. The summed E-state index contributed by atoms with van der Waals surface area (Å²) in [4.78, 5) is 11.6. The van der Waals surface area contributed by atoms with Crippen molar-refractivity contribution in [2.24, 2.45) is 10.2 Å². The molecule has 2 heterocycles. The quantitative estimate of drug-likeness (QED) is 0.596. The van der Waals surface area contributed by atoms with Crippen LogP contribution in [0, 0.1) is 0 Å². The first-order valence-corrected chi connectivity index (χ1v) is 3.45. The van der Waals surface area contributed by atoms with Gasteiger partial charge in [-0.3, -0.25) is 4.90 Å². The number of carboxylic acid groups (broad SMARTS) is 1. The molecule has 0 aromatic carbocycles. The molecule has 6 heteroatoms. The van der Waals surface area contributed by atoms with Gasteiger partial charge in [0, 0.05) is 6.20 Å². The largest absolute Gasteiger partial charge is 0.464 e. The van der Waals surface area contributed by atoms with Gasteiger partial charge in [0.15, 0.2) is 0 Å². The molecule has 1 N–H and O–H groups in total. The van der Waals surface area contributed by atoms with E-state index in [1.165, 1.54) is 24.9 Å². The molecule has 0 unspecified atom stereocenters. The molecule has 0 saturated carbocycles. The molecule has 0 fully saturated rings. The van der Waals surface area contributed by atoms with Crippen LogP contribution in [0.3, 0.4) is 0 Å². The van der Waals surface area contributed by atoms with E-state index in [1.807, 2.05) is 0 Å². The summed E-state index contributed by atoms with van der Waals surface area (Å²) in [5.74, 6) is 0.306. The number of rotatable bonds is 0. The van der Waals surface area contributed by atoms with Crippen LogP contribution in [0.4, 0.5) is 4.79 Å². The molecule has 0 bridgehead atoms. The molecule has 6 nitrogen and oxygen atoms in total. The van der Waals surface area contributed by atoms with Gasteiger partial charge in [-0.15, -0.1) is 5.10 Å². The summed E-state index contributed by atoms with van der Waals surface area (Å²) in [5, 5.41) is 15.9. The van der Waals surface area contributed by atoms with Crippen LogP contribution in [0.5, 0.6) is 0 Å². The second-order valence-electron chi connectivity index (χ2n) is 2.33. The average molecular weight is 179 g/mol.